The molecule has 4 aromatic rings. The Morgan fingerprint density at radius 1 is 0.660 bits per heavy atom. The van der Waals surface area contributed by atoms with Crippen LogP contribution in [0.3, 0.4) is 0 Å². The van der Waals surface area contributed by atoms with E-state index in [0.717, 1.165) is 60.3 Å². The van der Waals surface area contributed by atoms with Crippen LogP contribution < -0.4 is 14.8 Å². The van der Waals surface area contributed by atoms with Crippen LogP contribution in [0.1, 0.15) is 37.5 Å². The van der Waals surface area contributed by atoms with Crippen molar-refractivity contribution >= 4 is 15.9 Å². The number of hydrogen-bond donors (Lipinski definition) is 1. The van der Waals surface area contributed by atoms with Crippen LogP contribution in [0.25, 0.3) is 0 Å². The zero-order chi connectivity index (χ0) is 32.9. The molecular weight excluding hydrogens is 644 g/mol. The van der Waals surface area contributed by atoms with Gasteiger partial charge in [-0.05, 0) is 86.0 Å². The van der Waals surface area contributed by atoms with Gasteiger partial charge in [-0.3, -0.25) is 4.90 Å². The van der Waals surface area contributed by atoms with Gasteiger partial charge < -0.3 is 14.8 Å². The van der Waals surface area contributed by atoms with E-state index >= 15 is 0 Å². The highest BCUT2D eigenvalue weighted by atomic mass is 79.9. The molecule has 2 saturated heterocycles. The fourth-order valence-electron chi connectivity index (χ4n) is 8.25. The minimum absolute atomic E-state index is 0. The van der Waals surface area contributed by atoms with Gasteiger partial charge in [-0.1, -0.05) is 126 Å². The van der Waals surface area contributed by atoms with Crippen molar-refractivity contribution in [3.63, 3.8) is 0 Å². The van der Waals surface area contributed by atoms with E-state index in [0.29, 0.717) is 10.8 Å². The first-order valence-corrected chi connectivity index (χ1v) is 18.4. The van der Waals surface area contributed by atoms with Crippen LogP contribution in [0.2, 0.25) is 0 Å². The second-order valence-electron chi connectivity index (χ2n) is 14.2. The average molecular weight is 698 g/mol. The molecule has 0 amide bonds. The largest absolute Gasteiger partial charge is 0.493 e. The molecule has 47 heavy (non-hydrogen) atoms. The number of nitrogens with one attached hydrogen (secondary N) is 1. The van der Waals surface area contributed by atoms with E-state index in [1.165, 1.54) is 42.9 Å². The summed E-state index contributed by atoms with van der Waals surface area (Å²) in [7, 11) is 0. The van der Waals surface area contributed by atoms with E-state index < -0.39 is 0 Å². The third-order valence-electron chi connectivity index (χ3n) is 11.3. The Labute approximate surface area is 292 Å². The number of nitrogens with zero attached hydrogens (tertiary/aromatic N) is 1. The molecule has 4 aliphatic rings. The van der Waals surface area contributed by atoms with Gasteiger partial charge in [0.2, 0.25) is 0 Å². The Morgan fingerprint density at radius 3 is 1.60 bits per heavy atom. The Kier molecular flexibility index (Phi) is 10.8. The number of piperidine rings is 2. The van der Waals surface area contributed by atoms with Crippen molar-refractivity contribution in [2.24, 2.45) is 23.7 Å². The first-order chi connectivity index (χ1) is 22.8. The summed E-state index contributed by atoms with van der Waals surface area (Å²) in [6, 6.07) is 38.0. The van der Waals surface area contributed by atoms with Gasteiger partial charge in [-0.25, -0.2) is 0 Å². The monoisotopic (exact) mass is 696 g/mol. The SMILES string of the molecule is BrCCOc1ccccc1.Cc1cccc(C2(C)C3CN(CCOc4ccccc4)CC32)c1.Cc1cccc(C2(C)C3CNCC32)c1.[HH]. The molecule has 5 heteroatoms. The van der Waals surface area contributed by atoms with Crippen LogP contribution in [0.15, 0.2) is 109 Å². The van der Waals surface area contributed by atoms with Crippen molar-refractivity contribution in [3.8, 4) is 11.5 Å². The first-order valence-electron chi connectivity index (χ1n) is 17.3. The number of ether oxygens (including phenoxy) is 2. The van der Waals surface area contributed by atoms with Crippen LogP contribution in [0, 0.1) is 37.5 Å². The number of halogens is 1. The normalized spacial score (nSPS) is 28.1. The highest BCUT2D eigenvalue weighted by Gasteiger charge is 2.65. The van der Waals surface area contributed by atoms with Gasteiger partial charge in [0.1, 0.15) is 18.1 Å². The maximum absolute atomic E-state index is 5.83. The molecule has 4 atom stereocenters. The fourth-order valence-corrected chi connectivity index (χ4v) is 8.41. The minimum atomic E-state index is 0. The molecule has 4 aromatic carbocycles. The smallest absolute Gasteiger partial charge is 0.119 e. The molecule has 0 spiro atoms. The summed E-state index contributed by atoms with van der Waals surface area (Å²) in [4.78, 5) is 2.57. The Bertz CT molecular complexity index is 1560. The number of rotatable bonds is 9. The number of para-hydroxylation sites is 2. The van der Waals surface area contributed by atoms with Crippen molar-refractivity contribution in [3.05, 3.63) is 131 Å². The summed E-state index contributed by atoms with van der Waals surface area (Å²) < 4.78 is 11.1. The zero-order valence-electron chi connectivity index (χ0n) is 28.5. The molecule has 0 bridgehead atoms. The van der Waals surface area contributed by atoms with Gasteiger partial charge in [0.05, 0.1) is 6.61 Å². The maximum atomic E-state index is 5.83. The van der Waals surface area contributed by atoms with E-state index in [-0.39, 0.29) is 1.43 Å². The topological polar surface area (TPSA) is 33.7 Å². The number of alkyl halides is 1. The second kappa shape index (κ2) is 15.0. The molecule has 0 radical (unpaired) electrons. The molecule has 250 valence electrons. The van der Waals surface area contributed by atoms with Gasteiger partial charge >= 0.3 is 0 Å². The van der Waals surface area contributed by atoms with Crippen LogP contribution in [-0.2, 0) is 10.8 Å². The molecular formula is C42H53BrN2O2. The first kappa shape index (κ1) is 33.8. The van der Waals surface area contributed by atoms with E-state index in [4.69, 9.17) is 9.47 Å². The number of benzene rings is 4. The summed E-state index contributed by atoms with van der Waals surface area (Å²) in [6.45, 7) is 16.7. The van der Waals surface area contributed by atoms with E-state index in [1.54, 1.807) is 5.56 Å². The molecule has 2 aliphatic heterocycles. The molecule has 2 aliphatic carbocycles. The molecule has 4 nitrogen and oxygen atoms in total. The standard InChI is InChI=1S/C21H25NO.C13H17N.C8H9BrO.H2/c1-16-7-6-8-17(13-16)21(2)19-14-22(15-20(19)21)11-12-23-18-9-4-3-5-10-18;1-9-4-3-5-10(6-9)13(2)11-7-14-8-12(11)13;9-6-7-10-8-4-2-1-3-5-8;/h3-10,13,19-20H,11-12,14-15H2,1-2H3;3-6,11-12,14H,7-8H2,1-2H3;1-5H,6-7H2;1H. The predicted molar refractivity (Wildman–Crippen MR) is 200 cm³/mol. The predicted octanol–water partition coefficient (Wildman–Crippen LogP) is 8.70. The summed E-state index contributed by atoms with van der Waals surface area (Å²) in [5.74, 6) is 5.33. The number of hydrogen-bond acceptors (Lipinski definition) is 4. The third kappa shape index (κ3) is 7.63. The molecule has 2 saturated carbocycles. The van der Waals surface area contributed by atoms with Crippen molar-refractivity contribution in [2.75, 3.05) is 51.3 Å². The molecule has 4 fully saturated rings. The van der Waals surface area contributed by atoms with Gasteiger partial charge in [0.15, 0.2) is 0 Å². The Morgan fingerprint density at radius 2 is 1.13 bits per heavy atom. The maximum Gasteiger partial charge on any atom is 0.119 e. The lowest BCUT2D eigenvalue weighted by molar-refractivity contribution is 0.213. The Hall–Kier alpha value is -3.12. The lowest BCUT2D eigenvalue weighted by Gasteiger charge is -2.24. The number of aryl methyl sites for hydroxylation is 2. The minimum Gasteiger partial charge on any atom is -0.493 e. The second-order valence-corrected chi connectivity index (χ2v) is 15.0. The zero-order valence-corrected chi connectivity index (χ0v) is 30.1. The Balaban J connectivity index is 0.000000154. The van der Waals surface area contributed by atoms with Gasteiger partial charge in [0.25, 0.3) is 0 Å². The van der Waals surface area contributed by atoms with Gasteiger partial charge in [0, 0.05) is 37.2 Å². The lowest BCUT2D eigenvalue weighted by Crippen LogP contribution is -2.32. The van der Waals surface area contributed by atoms with E-state index in [2.05, 4.69) is 102 Å². The van der Waals surface area contributed by atoms with Crippen molar-refractivity contribution in [1.29, 1.82) is 0 Å². The van der Waals surface area contributed by atoms with Crippen LogP contribution in [-0.4, -0.2) is 56.2 Å². The van der Waals surface area contributed by atoms with Gasteiger partial charge in [-0.2, -0.15) is 0 Å². The van der Waals surface area contributed by atoms with Crippen LogP contribution in [0.4, 0.5) is 0 Å². The molecule has 1 N–H and O–H groups in total. The summed E-state index contributed by atoms with van der Waals surface area (Å²) in [5.41, 5.74) is 6.74. The molecule has 8 rings (SSSR count). The highest BCUT2D eigenvalue weighted by molar-refractivity contribution is 9.09. The van der Waals surface area contributed by atoms with Crippen LogP contribution >= 0.6 is 15.9 Å². The van der Waals surface area contributed by atoms with Crippen molar-refractivity contribution < 1.29 is 10.9 Å². The third-order valence-corrected chi connectivity index (χ3v) is 11.6. The molecule has 0 aromatic heterocycles. The summed E-state index contributed by atoms with van der Waals surface area (Å²) >= 11 is 3.28. The van der Waals surface area contributed by atoms with E-state index in [1.807, 2.05) is 60.7 Å². The van der Waals surface area contributed by atoms with Crippen molar-refractivity contribution in [1.82, 2.24) is 10.2 Å². The van der Waals surface area contributed by atoms with Gasteiger partial charge in [-0.15, -0.1) is 0 Å². The lowest BCUT2D eigenvalue weighted by atomic mass is 9.91. The molecule has 2 heterocycles. The quantitative estimate of drug-likeness (QED) is 0.178. The molecule has 4 unspecified atom stereocenters. The number of fused-ring (bicyclic) bond motifs is 2. The summed E-state index contributed by atoms with van der Waals surface area (Å²) in [6.07, 6.45) is 0. The van der Waals surface area contributed by atoms with Crippen LogP contribution in [0.5, 0.6) is 11.5 Å². The number of likely N-dealkylation sites (tertiary alicyclic amines) is 1. The van der Waals surface area contributed by atoms with E-state index in [9.17, 15) is 0 Å². The average Bonchev–Trinajstić information content (AvgIpc) is 3.56. The van der Waals surface area contributed by atoms with Crippen molar-refractivity contribution in [2.45, 2.75) is 38.5 Å². The fraction of sp³-hybridized carbons (Fsp3) is 0.429. The highest BCUT2D eigenvalue weighted by Crippen LogP contribution is 2.63. The summed E-state index contributed by atoms with van der Waals surface area (Å²) in [5, 5.41) is 4.34.